The van der Waals surface area contributed by atoms with Gasteiger partial charge in [0.05, 0.1) is 0 Å². The quantitative estimate of drug-likeness (QED) is 0.578. The van der Waals surface area contributed by atoms with E-state index in [-0.39, 0.29) is 28.9 Å². The van der Waals surface area contributed by atoms with Crippen LogP contribution in [0.2, 0.25) is 0 Å². The number of nitrogens with zero attached hydrogens (tertiary/aromatic N) is 1. The van der Waals surface area contributed by atoms with E-state index < -0.39 is 12.3 Å². The maximum atomic E-state index is 14.7. The van der Waals surface area contributed by atoms with E-state index in [9.17, 15) is 18.0 Å². The number of Topliss-reactive ketones (excluding diaryl/α,β-unsaturated/α-hetero) is 1. The van der Waals surface area contributed by atoms with Gasteiger partial charge in [0.15, 0.2) is 0 Å². The summed E-state index contributed by atoms with van der Waals surface area (Å²) < 4.78 is 40.6. The number of alkyl halides is 2. The molecule has 1 unspecified atom stereocenters. The summed E-state index contributed by atoms with van der Waals surface area (Å²) in [5.41, 5.74) is 2.04. The summed E-state index contributed by atoms with van der Waals surface area (Å²) in [4.78, 5) is 16.1. The molecule has 28 heavy (non-hydrogen) atoms. The first-order valence-corrected chi connectivity index (χ1v) is 9.48. The first-order valence-electron chi connectivity index (χ1n) is 9.48. The number of hydrogen-bond acceptors (Lipinski definition) is 2. The number of carbonyl (C=O) groups excluding carboxylic acids is 1. The molecule has 1 saturated carbocycles. The normalized spacial score (nSPS) is 18.6. The SMILES string of the molecule is O=C(CCC1C=Cc2cc(-c3cccc(C(F)F)c3)cnc2C(F)=C1)C1CC1. The van der Waals surface area contributed by atoms with Crippen LogP contribution in [-0.2, 0) is 4.79 Å². The molecular formula is C23H20F3NO. The number of rotatable bonds is 6. The van der Waals surface area contributed by atoms with Gasteiger partial charge in [-0.3, -0.25) is 9.78 Å². The van der Waals surface area contributed by atoms with Crippen molar-refractivity contribution in [3.8, 4) is 11.1 Å². The van der Waals surface area contributed by atoms with Crippen molar-refractivity contribution in [2.75, 3.05) is 0 Å². The summed E-state index contributed by atoms with van der Waals surface area (Å²) >= 11 is 0. The molecule has 2 aliphatic rings. The van der Waals surface area contributed by atoms with Gasteiger partial charge >= 0.3 is 0 Å². The number of ketones is 1. The molecule has 2 aromatic rings. The van der Waals surface area contributed by atoms with E-state index in [2.05, 4.69) is 4.98 Å². The molecule has 0 saturated heterocycles. The zero-order valence-corrected chi connectivity index (χ0v) is 15.2. The Kier molecular flexibility index (Phi) is 5.16. The predicted molar refractivity (Wildman–Crippen MR) is 103 cm³/mol. The fourth-order valence-electron chi connectivity index (χ4n) is 3.47. The first-order chi connectivity index (χ1) is 13.5. The van der Waals surface area contributed by atoms with Gasteiger partial charge in [-0.1, -0.05) is 30.4 Å². The van der Waals surface area contributed by atoms with Gasteiger partial charge in [0.1, 0.15) is 17.3 Å². The molecular weight excluding hydrogens is 363 g/mol. The Morgan fingerprint density at radius 3 is 2.75 bits per heavy atom. The fraction of sp³-hybridized carbons (Fsp3) is 0.304. The summed E-state index contributed by atoms with van der Waals surface area (Å²) in [6.45, 7) is 0. The van der Waals surface area contributed by atoms with Crippen molar-refractivity contribution in [2.45, 2.75) is 32.1 Å². The second kappa shape index (κ2) is 7.74. The molecule has 0 bridgehead atoms. The highest BCUT2D eigenvalue weighted by atomic mass is 19.3. The molecule has 0 spiro atoms. The molecule has 1 aromatic heterocycles. The third-order valence-electron chi connectivity index (χ3n) is 5.26. The lowest BCUT2D eigenvalue weighted by Crippen LogP contribution is -2.03. The van der Waals surface area contributed by atoms with Crippen molar-refractivity contribution < 1.29 is 18.0 Å². The topological polar surface area (TPSA) is 30.0 Å². The van der Waals surface area contributed by atoms with Crippen LogP contribution in [0.5, 0.6) is 0 Å². The minimum atomic E-state index is -2.55. The van der Waals surface area contributed by atoms with Crippen molar-refractivity contribution in [1.82, 2.24) is 4.98 Å². The highest BCUT2D eigenvalue weighted by Gasteiger charge is 2.29. The Labute approximate surface area is 161 Å². The molecule has 1 aromatic carbocycles. The van der Waals surface area contributed by atoms with Gasteiger partial charge in [-0.2, -0.15) is 0 Å². The maximum absolute atomic E-state index is 14.7. The number of benzene rings is 1. The van der Waals surface area contributed by atoms with Crippen molar-refractivity contribution in [3.63, 3.8) is 0 Å². The van der Waals surface area contributed by atoms with Crippen molar-refractivity contribution in [2.24, 2.45) is 11.8 Å². The number of aromatic nitrogens is 1. The van der Waals surface area contributed by atoms with Gasteiger partial charge in [0.2, 0.25) is 0 Å². The van der Waals surface area contributed by atoms with Gasteiger partial charge in [-0.15, -0.1) is 0 Å². The molecule has 0 aliphatic heterocycles. The van der Waals surface area contributed by atoms with Crippen LogP contribution in [0.4, 0.5) is 13.2 Å². The summed E-state index contributed by atoms with van der Waals surface area (Å²) in [6.07, 6.45) is 7.14. The van der Waals surface area contributed by atoms with Crippen LogP contribution in [0.1, 0.15) is 48.9 Å². The van der Waals surface area contributed by atoms with Gasteiger partial charge in [0, 0.05) is 35.2 Å². The number of allylic oxidation sites excluding steroid dienone is 2. The second-order valence-electron chi connectivity index (χ2n) is 7.40. The Morgan fingerprint density at radius 1 is 1.18 bits per heavy atom. The highest BCUT2D eigenvalue weighted by molar-refractivity contribution is 5.83. The molecule has 0 amide bonds. The number of carbonyl (C=O) groups is 1. The van der Waals surface area contributed by atoms with Crippen molar-refractivity contribution in [1.29, 1.82) is 0 Å². The Bertz CT molecular complexity index is 960. The van der Waals surface area contributed by atoms with E-state index in [1.165, 1.54) is 24.4 Å². The van der Waals surface area contributed by atoms with Crippen LogP contribution >= 0.6 is 0 Å². The number of pyridine rings is 1. The molecule has 2 nitrogen and oxygen atoms in total. The third kappa shape index (κ3) is 4.08. The predicted octanol–water partition coefficient (Wildman–Crippen LogP) is 6.40. The molecule has 2 aliphatic carbocycles. The van der Waals surface area contributed by atoms with Crippen LogP contribution in [0.3, 0.4) is 0 Å². The molecule has 0 radical (unpaired) electrons. The van der Waals surface area contributed by atoms with Gasteiger partial charge in [-0.05, 0) is 49.0 Å². The zero-order chi connectivity index (χ0) is 19.7. The van der Waals surface area contributed by atoms with Crippen molar-refractivity contribution in [3.05, 3.63) is 65.5 Å². The second-order valence-corrected chi connectivity index (χ2v) is 7.40. The zero-order valence-electron chi connectivity index (χ0n) is 15.2. The van der Waals surface area contributed by atoms with E-state index in [4.69, 9.17) is 0 Å². The Balaban J connectivity index is 1.57. The fourth-order valence-corrected chi connectivity index (χ4v) is 3.47. The molecule has 1 atom stereocenters. The summed E-state index contributed by atoms with van der Waals surface area (Å²) in [6, 6.07) is 7.86. The van der Waals surface area contributed by atoms with Crippen LogP contribution < -0.4 is 0 Å². The summed E-state index contributed by atoms with van der Waals surface area (Å²) in [5, 5.41) is 0. The average Bonchev–Trinajstić information content (AvgIpc) is 3.55. The van der Waals surface area contributed by atoms with Crippen molar-refractivity contribution >= 4 is 17.7 Å². The monoisotopic (exact) mass is 383 g/mol. The molecule has 1 heterocycles. The van der Waals surface area contributed by atoms with E-state index >= 15 is 0 Å². The summed E-state index contributed by atoms with van der Waals surface area (Å²) in [7, 11) is 0. The largest absolute Gasteiger partial charge is 0.299 e. The minimum absolute atomic E-state index is 0.0607. The Hall–Kier alpha value is -2.69. The molecule has 144 valence electrons. The van der Waals surface area contributed by atoms with E-state index in [1.54, 1.807) is 24.3 Å². The van der Waals surface area contributed by atoms with E-state index in [0.717, 1.165) is 12.8 Å². The van der Waals surface area contributed by atoms with E-state index in [1.807, 2.05) is 6.08 Å². The van der Waals surface area contributed by atoms with Crippen LogP contribution in [-0.4, -0.2) is 10.8 Å². The minimum Gasteiger partial charge on any atom is -0.299 e. The number of halogens is 3. The molecule has 0 N–H and O–H groups in total. The summed E-state index contributed by atoms with van der Waals surface area (Å²) in [5.74, 6) is -0.100. The van der Waals surface area contributed by atoms with Crippen LogP contribution in [0.25, 0.3) is 23.0 Å². The highest BCUT2D eigenvalue weighted by Crippen LogP contribution is 2.34. The smallest absolute Gasteiger partial charge is 0.263 e. The molecule has 4 rings (SSSR count). The van der Waals surface area contributed by atoms with Crippen LogP contribution in [0.15, 0.2) is 48.7 Å². The third-order valence-corrected chi connectivity index (χ3v) is 5.26. The van der Waals surface area contributed by atoms with Gasteiger partial charge < -0.3 is 0 Å². The average molecular weight is 383 g/mol. The Morgan fingerprint density at radius 2 is 2.00 bits per heavy atom. The van der Waals surface area contributed by atoms with E-state index in [0.29, 0.717) is 29.5 Å². The van der Waals surface area contributed by atoms with Crippen LogP contribution in [0, 0.1) is 11.8 Å². The lowest BCUT2D eigenvalue weighted by molar-refractivity contribution is -0.120. The van der Waals surface area contributed by atoms with Gasteiger partial charge in [0.25, 0.3) is 6.43 Å². The lowest BCUT2D eigenvalue weighted by atomic mass is 9.99. The lowest BCUT2D eigenvalue weighted by Gasteiger charge is -2.08. The number of fused-ring (bicyclic) bond motifs is 1. The number of hydrogen-bond donors (Lipinski definition) is 0. The standard InChI is InChI=1S/C23H20F3NO/c24-20-10-14(5-9-21(28)15-7-8-15)4-6-17-12-19(13-27-22(17)20)16-2-1-3-18(11-16)23(25)26/h1-4,6,10-15,23H,5,7-9H2. The molecule has 1 fully saturated rings. The maximum Gasteiger partial charge on any atom is 0.263 e. The molecule has 5 heteroatoms. The van der Waals surface area contributed by atoms with Gasteiger partial charge in [-0.25, -0.2) is 13.2 Å². The first kappa shape index (κ1) is 18.7.